The van der Waals surface area contributed by atoms with Crippen LogP contribution in [0.4, 0.5) is 17.1 Å². The van der Waals surface area contributed by atoms with Gasteiger partial charge in [-0.15, -0.1) is 0 Å². The van der Waals surface area contributed by atoms with Gasteiger partial charge in [-0.05, 0) is 137 Å². The molecule has 0 radical (unpaired) electrons. The predicted molar refractivity (Wildman–Crippen MR) is 300 cm³/mol. The molecule has 0 N–H and O–H groups in total. The van der Waals surface area contributed by atoms with Crippen LogP contribution < -0.4 is 14.4 Å². The molecule has 0 saturated heterocycles. The minimum absolute atomic E-state index is 0.00792. The molecule has 2 aromatic heterocycles. The molecular weight excluding hydrogens is 891 g/mol. The van der Waals surface area contributed by atoms with E-state index in [1.165, 1.54) is 66.3 Å². The number of aryl methyl sites for hydroxylation is 1. The van der Waals surface area contributed by atoms with Gasteiger partial charge in [-0.2, -0.15) is 0 Å². The number of benzene rings is 10. The van der Waals surface area contributed by atoms with Crippen molar-refractivity contribution in [2.24, 2.45) is 0 Å². The highest BCUT2D eigenvalue weighted by Crippen LogP contribution is 2.44. The minimum atomic E-state index is 0.00792. The monoisotopic (exact) mass is 941 g/mol. The molecule has 1 unspecified atom stereocenters. The fourth-order valence-electron chi connectivity index (χ4n) is 11.5. The molecule has 2 aliphatic rings. The molecule has 5 nitrogen and oxygen atoms in total. The Balaban J connectivity index is 0.823. The van der Waals surface area contributed by atoms with Gasteiger partial charge in [0.15, 0.2) is 0 Å². The number of hydrogen-bond donors (Lipinski definition) is 0. The third kappa shape index (κ3) is 7.38. The number of nitrogens with zero attached hydrogens (tertiary/aromatic N) is 3. The van der Waals surface area contributed by atoms with Gasteiger partial charge in [0.25, 0.3) is 0 Å². The molecule has 0 bridgehead atoms. The highest BCUT2D eigenvalue weighted by atomic mass is 16.5. The van der Waals surface area contributed by atoms with Crippen molar-refractivity contribution in [3.05, 3.63) is 270 Å². The molecule has 2 atom stereocenters. The van der Waals surface area contributed by atoms with E-state index in [0.717, 1.165) is 74.9 Å². The van der Waals surface area contributed by atoms with Crippen LogP contribution in [0, 0.1) is 13.8 Å². The average Bonchev–Trinajstić information content (AvgIpc) is 3.90. The van der Waals surface area contributed by atoms with Crippen LogP contribution in [0.15, 0.2) is 237 Å². The molecule has 73 heavy (non-hydrogen) atoms. The van der Waals surface area contributed by atoms with Gasteiger partial charge in [-0.1, -0.05) is 146 Å². The van der Waals surface area contributed by atoms with Gasteiger partial charge in [0, 0.05) is 75.6 Å². The van der Waals surface area contributed by atoms with Crippen molar-refractivity contribution in [1.29, 1.82) is 0 Å². The molecule has 12 aromatic rings. The highest BCUT2D eigenvalue weighted by Gasteiger charge is 2.30. The molecule has 0 aliphatic heterocycles. The van der Waals surface area contributed by atoms with Crippen LogP contribution in [0.1, 0.15) is 45.7 Å². The van der Waals surface area contributed by atoms with Gasteiger partial charge in [0.05, 0.1) is 22.2 Å². The first kappa shape index (κ1) is 42.8. The van der Waals surface area contributed by atoms with Crippen LogP contribution in [0.2, 0.25) is 0 Å². The van der Waals surface area contributed by atoms with Gasteiger partial charge in [-0.3, -0.25) is 0 Å². The first-order valence-electron chi connectivity index (χ1n) is 25.4. The second-order valence-corrected chi connectivity index (χ2v) is 19.6. The summed E-state index contributed by atoms with van der Waals surface area (Å²) in [6, 6.07) is 85.4. The zero-order chi connectivity index (χ0) is 48.6. The number of hydrogen-bond acceptors (Lipinski definition) is 3. The van der Waals surface area contributed by atoms with Crippen LogP contribution in [0.5, 0.6) is 11.5 Å². The van der Waals surface area contributed by atoms with Crippen LogP contribution in [-0.4, -0.2) is 9.13 Å². The molecular formula is C68H51N3O2. The molecule has 0 fully saturated rings. The van der Waals surface area contributed by atoms with Gasteiger partial charge in [0.1, 0.15) is 23.7 Å². The molecule has 2 heterocycles. The second kappa shape index (κ2) is 17.4. The Morgan fingerprint density at radius 3 is 1.44 bits per heavy atom. The quantitative estimate of drug-likeness (QED) is 0.129. The standard InChI is InChI=1S/C68H51N3O2/c1-44-45(2)69(64-22-12-10-18-59(44)64)52-33-35-55(36-34-52)70(53-29-24-47(25-30-53)46-14-4-3-5-15-46)54-31-26-48(27-32-54)49-28-37-66-63(38-49)62-21-11-13-23-65(62)71(66)56-41-57(72-67-39-50-16-6-8-19-60(50)67)43-58(42-56)73-68-40-51-17-7-9-20-61(51)68/h3-38,41-43,67-68H,39-40H2,1-2H3/t67-,68?/m1/s1. The van der Waals surface area contributed by atoms with Crippen LogP contribution in [0.3, 0.4) is 0 Å². The van der Waals surface area contributed by atoms with E-state index in [4.69, 9.17) is 9.47 Å². The Labute approximate surface area is 425 Å². The van der Waals surface area contributed by atoms with Crippen molar-refractivity contribution in [3.8, 4) is 45.1 Å². The Morgan fingerprint density at radius 1 is 0.370 bits per heavy atom. The molecule has 350 valence electrons. The van der Waals surface area contributed by atoms with Gasteiger partial charge >= 0.3 is 0 Å². The van der Waals surface area contributed by atoms with E-state index in [9.17, 15) is 0 Å². The Bertz CT molecular complexity index is 3980. The lowest BCUT2D eigenvalue weighted by atomic mass is 9.85. The Morgan fingerprint density at radius 2 is 0.836 bits per heavy atom. The lowest BCUT2D eigenvalue weighted by molar-refractivity contribution is 0.170. The molecule has 10 aromatic carbocycles. The van der Waals surface area contributed by atoms with E-state index < -0.39 is 0 Å². The lowest BCUT2D eigenvalue weighted by Crippen LogP contribution is -2.23. The number of aromatic nitrogens is 2. The van der Waals surface area contributed by atoms with E-state index >= 15 is 0 Å². The summed E-state index contributed by atoms with van der Waals surface area (Å²) in [4.78, 5) is 2.36. The van der Waals surface area contributed by atoms with Gasteiger partial charge < -0.3 is 23.5 Å². The zero-order valence-corrected chi connectivity index (χ0v) is 40.7. The molecule has 0 saturated carbocycles. The van der Waals surface area contributed by atoms with Crippen LogP contribution in [0.25, 0.3) is 66.3 Å². The van der Waals surface area contributed by atoms with Gasteiger partial charge in [-0.25, -0.2) is 0 Å². The molecule has 0 amide bonds. The molecule has 0 spiro atoms. The normalized spacial score (nSPS) is 14.6. The van der Waals surface area contributed by atoms with Crippen LogP contribution in [-0.2, 0) is 12.8 Å². The smallest absolute Gasteiger partial charge is 0.128 e. The first-order valence-corrected chi connectivity index (χ1v) is 25.4. The molecule has 14 rings (SSSR count). The van der Waals surface area contributed by atoms with Crippen LogP contribution >= 0.6 is 0 Å². The molecule has 5 heteroatoms. The van der Waals surface area contributed by atoms with Gasteiger partial charge in [0.2, 0.25) is 0 Å². The SMILES string of the molecule is Cc1c(C)n(-c2ccc(N(c3ccc(-c4ccccc4)cc3)c3ccc(-c4ccc5c(c4)c4ccccc4n5-c4cc(OC5Cc6ccccc65)cc(O[C@@H]5Cc6ccccc65)c4)cc3)cc2)c2ccccc12. The summed E-state index contributed by atoms with van der Waals surface area (Å²) in [6.07, 6.45) is 1.80. The van der Waals surface area contributed by atoms with E-state index in [-0.39, 0.29) is 12.2 Å². The Hall–Kier alpha value is -9.06. The van der Waals surface area contributed by atoms with E-state index in [1.807, 2.05) is 0 Å². The summed E-state index contributed by atoms with van der Waals surface area (Å²) >= 11 is 0. The van der Waals surface area contributed by atoms with Crippen molar-refractivity contribution in [1.82, 2.24) is 9.13 Å². The van der Waals surface area contributed by atoms with E-state index in [2.05, 4.69) is 264 Å². The number of rotatable bonds is 11. The van der Waals surface area contributed by atoms with Crippen molar-refractivity contribution < 1.29 is 9.47 Å². The summed E-state index contributed by atoms with van der Waals surface area (Å²) in [7, 11) is 0. The predicted octanol–water partition coefficient (Wildman–Crippen LogP) is 17.5. The maximum absolute atomic E-state index is 6.81. The fourth-order valence-corrected chi connectivity index (χ4v) is 11.5. The topological polar surface area (TPSA) is 31.6 Å². The molecule has 2 aliphatic carbocycles. The van der Waals surface area contributed by atoms with Crippen molar-refractivity contribution in [2.45, 2.75) is 38.9 Å². The van der Waals surface area contributed by atoms with Crippen molar-refractivity contribution in [2.75, 3.05) is 4.90 Å². The largest absolute Gasteiger partial charge is 0.485 e. The van der Waals surface area contributed by atoms with Crippen molar-refractivity contribution in [3.63, 3.8) is 0 Å². The second-order valence-electron chi connectivity index (χ2n) is 19.6. The van der Waals surface area contributed by atoms with E-state index in [0.29, 0.717) is 0 Å². The maximum Gasteiger partial charge on any atom is 0.128 e. The van der Waals surface area contributed by atoms with E-state index in [1.54, 1.807) is 0 Å². The fraction of sp³-hybridized carbons (Fsp3) is 0.0882. The van der Waals surface area contributed by atoms with Crippen molar-refractivity contribution >= 4 is 49.8 Å². The summed E-state index contributed by atoms with van der Waals surface area (Å²) in [5.41, 5.74) is 21.4. The maximum atomic E-state index is 6.81. The number of para-hydroxylation sites is 2. The Kier molecular flexibility index (Phi) is 10.2. The number of ether oxygens (including phenoxy) is 2. The third-order valence-corrected chi connectivity index (χ3v) is 15.5. The lowest BCUT2D eigenvalue weighted by Gasteiger charge is -2.32. The number of anilines is 3. The summed E-state index contributed by atoms with van der Waals surface area (Å²) in [5.74, 6) is 1.61. The average molecular weight is 942 g/mol. The minimum Gasteiger partial charge on any atom is -0.485 e. The first-order chi connectivity index (χ1) is 36.0. The summed E-state index contributed by atoms with van der Waals surface area (Å²) in [5, 5.41) is 3.67. The third-order valence-electron chi connectivity index (χ3n) is 15.5. The summed E-state index contributed by atoms with van der Waals surface area (Å²) in [6.45, 7) is 4.43. The summed E-state index contributed by atoms with van der Waals surface area (Å²) < 4.78 is 18.4. The zero-order valence-electron chi connectivity index (χ0n) is 40.7. The number of fused-ring (bicyclic) bond motifs is 6. The highest BCUT2D eigenvalue weighted by molar-refractivity contribution is 6.10.